The van der Waals surface area contributed by atoms with Crippen molar-refractivity contribution in [3.05, 3.63) is 25.0 Å². The molecule has 0 bridgehead atoms. The van der Waals surface area contributed by atoms with Gasteiger partial charge >= 0.3 is 15.6 Å². The van der Waals surface area contributed by atoms with Crippen molar-refractivity contribution < 1.29 is 30.5 Å². The van der Waals surface area contributed by atoms with Crippen LogP contribution in [0.4, 0.5) is 13.2 Å². The van der Waals surface area contributed by atoms with E-state index < -0.39 is 32.9 Å². The number of ether oxygens (including phenoxy) is 1. The molecule has 0 aliphatic carbocycles. The van der Waals surface area contributed by atoms with Crippen LogP contribution in [0, 0.1) is 5.41 Å². The summed E-state index contributed by atoms with van der Waals surface area (Å²) in [6, 6.07) is 0. The minimum atomic E-state index is -5.72. The molecule has 106 valence electrons. The van der Waals surface area contributed by atoms with Crippen LogP contribution < -0.4 is 0 Å². The first kappa shape index (κ1) is 17.0. The van der Waals surface area contributed by atoms with Gasteiger partial charge in [-0.1, -0.05) is 12.7 Å². The number of rotatable bonds is 6. The molecule has 0 aromatic rings. The molecule has 0 aromatic heterocycles. The van der Waals surface area contributed by atoms with Gasteiger partial charge in [-0.3, -0.25) is 0 Å². The highest BCUT2D eigenvalue weighted by Gasteiger charge is 2.50. The van der Waals surface area contributed by atoms with Gasteiger partial charge in [-0.15, -0.1) is 6.58 Å². The predicted octanol–water partition coefficient (Wildman–Crippen LogP) is 2.59. The van der Waals surface area contributed by atoms with Gasteiger partial charge in [0.25, 0.3) is 0 Å². The molecule has 1 atom stereocenters. The Morgan fingerprint density at radius 2 is 1.78 bits per heavy atom. The van der Waals surface area contributed by atoms with Crippen molar-refractivity contribution in [3.8, 4) is 0 Å². The van der Waals surface area contributed by atoms with E-state index >= 15 is 0 Å². The Labute approximate surface area is 104 Å². The summed E-state index contributed by atoms with van der Waals surface area (Å²) in [4.78, 5) is 0. The third-order valence-corrected chi connectivity index (χ3v) is 3.38. The predicted molar refractivity (Wildman–Crippen MR) is 60.0 cm³/mol. The summed E-state index contributed by atoms with van der Waals surface area (Å²) in [5.74, 6) is -0.577. The third-order valence-electron chi connectivity index (χ3n) is 2.39. The van der Waals surface area contributed by atoms with E-state index in [2.05, 4.69) is 17.3 Å². The monoisotopic (exact) mass is 288 g/mol. The Hall–Kier alpha value is -1.02. The standard InChI is InChI=1S/C10H15F3O4S/c1-6-8(16-5)9(3,4)7(2)17-18(14,15)10(11,12)13/h6,8H,1-2H2,3-5H3. The molecule has 0 amide bonds. The summed E-state index contributed by atoms with van der Waals surface area (Å²) in [5.41, 5.74) is -6.68. The van der Waals surface area contributed by atoms with Crippen molar-refractivity contribution in [2.75, 3.05) is 7.11 Å². The lowest BCUT2D eigenvalue weighted by Gasteiger charge is -2.32. The highest BCUT2D eigenvalue weighted by atomic mass is 32.2. The van der Waals surface area contributed by atoms with Crippen molar-refractivity contribution in [2.45, 2.75) is 25.5 Å². The van der Waals surface area contributed by atoms with Crippen molar-refractivity contribution in [1.29, 1.82) is 0 Å². The Morgan fingerprint density at radius 3 is 2.06 bits per heavy atom. The average molecular weight is 288 g/mol. The number of methoxy groups -OCH3 is 1. The zero-order chi connectivity index (χ0) is 14.8. The molecule has 8 heteroatoms. The first-order chi connectivity index (χ1) is 7.90. The molecule has 0 spiro atoms. The first-order valence-corrected chi connectivity index (χ1v) is 6.16. The van der Waals surface area contributed by atoms with E-state index in [1.165, 1.54) is 27.0 Å². The van der Waals surface area contributed by atoms with E-state index in [0.29, 0.717) is 0 Å². The van der Waals surface area contributed by atoms with Crippen LogP contribution in [0.3, 0.4) is 0 Å². The second-order valence-electron chi connectivity index (χ2n) is 4.02. The van der Waals surface area contributed by atoms with Crippen LogP contribution in [-0.4, -0.2) is 27.1 Å². The van der Waals surface area contributed by atoms with Crippen LogP contribution in [0.5, 0.6) is 0 Å². The summed E-state index contributed by atoms with van der Waals surface area (Å²) >= 11 is 0. The van der Waals surface area contributed by atoms with Crippen LogP contribution >= 0.6 is 0 Å². The maximum absolute atomic E-state index is 12.1. The van der Waals surface area contributed by atoms with Crippen LogP contribution in [0.15, 0.2) is 25.0 Å². The number of halogens is 3. The quantitative estimate of drug-likeness (QED) is 0.326. The molecule has 0 saturated heterocycles. The van der Waals surface area contributed by atoms with Crippen molar-refractivity contribution in [3.63, 3.8) is 0 Å². The molecule has 0 N–H and O–H groups in total. The van der Waals surface area contributed by atoms with E-state index in [0.717, 1.165) is 0 Å². The van der Waals surface area contributed by atoms with Gasteiger partial charge in [0.1, 0.15) is 5.76 Å². The zero-order valence-corrected chi connectivity index (χ0v) is 11.1. The Bertz CT molecular complexity index is 423. The van der Waals surface area contributed by atoms with Crippen LogP contribution in [0.2, 0.25) is 0 Å². The molecule has 0 heterocycles. The molecular formula is C10H15F3O4S. The van der Waals surface area contributed by atoms with Gasteiger partial charge < -0.3 is 8.92 Å². The van der Waals surface area contributed by atoms with Gasteiger partial charge in [0.15, 0.2) is 0 Å². The van der Waals surface area contributed by atoms with Crippen molar-refractivity contribution >= 4 is 10.1 Å². The molecule has 0 fully saturated rings. The lowest BCUT2D eigenvalue weighted by molar-refractivity contribution is -0.0544. The van der Waals surface area contributed by atoms with Crippen LogP contribution in [-0.2, 0) is 19.0 Å². The second kappa shape index (κ2) is 5.31. The van der Waals surface area contributed by atoms with Gasteiger partial charge in [-0.2, -0.15) is 21.6 Å². The van der Waals surface area contributed by atoms with E-state index in [1.807, 2.05) is 0 Å². The molecule has 1 unspecified atom stereocenters. The Kier molecular flexibility index (Phi) is 5.01. The van der Waals surface area contributed by atoms with Gasteiger partial charge in [-0.05, 0) is 13.8 Å². The second-order valence-corrected chi connectivity index (χ2v) is 5.56. The van der Waals surface area contributed by atoms with Crippen LogP contribution in [0.1, 0.15) is 13.8 Å². The van der Waals surface area contributed by atoms with Gasteiger partial charge in [0.05, 0.1) is 11.5 Å². The SMILES string of the molecule is C=CC(OC)C(C)(C)C(=C)OS(=O)(=O)C(F)(F)F. The molecule has 0 aromatic carbocycles. The molecule has 4 nitrogen and oxygen atoms in total. The Balaban J connectivity index is 5.16. The summed E-state index contributed by atoms with van der Waals surface area (Å²) in [6.07, 6.45) is 0.572. The molecular weight excluding hydrogens is 273 g/mol. The lowest BCUT2D eigenvalue weighted by Crippen LogP contribution is -2.35. The fraction of sp³-hybridized carbons (Fsp3) is 0.600. The molecule has 18 heavy (non-hydrogen) atoms. The highest BCUT2D eigenvalue weighted by Crippen LogP contribution is 2.36. The molecule has 0 radical (unpaired) electrons. The van der Waals surface area contributed by atoms with Gasteiger partial charge in [0.2, 0.25) is 0 Å². The first-order valence-electron chi connectivity index (χ1n) is 4.75. The third kappa shape index (κ3) is 3.49. The van der Waals surface area contributed by atoms with E-state index in [9.17, 15) is 21.6 Å². The fourth-order valence-electron chi connectivity index (χ4n) is 1.13. The molecule has 0 saturated carbocycles. The van der Waals surface area contributed by atoms with Crippen molar-refractivity contribution in [1.82, 2.24) is 0 Å². The topological polar surface area (TPSA) is 52.6 Å². The summed E-state index contributed by atoms with van der Waals surface area (Å²) in [6.45, 7) is 9.50. The van der Waals surface area contributed by atoms with Gasteiger partial charge in [0, 0.05) is 7.11 Å². The molecule has 0 aliphatic rings. The normalized spacial score (nSPS) is 15.0. The smallest absolute Gasteiger partial charge is 0.381 e. The maximum atomic E-state index is 12.1. The number of hydrogen-bond acceptors (Lipinski definition) is 4. The minimum absolute atomic E-state index is 0.577. The highest BCUT2D eigenvalue weighted by molar-refractivity contribution is 7.87. The molecule has 0 rings (SSSR count). The fourth-order valence-corrected chi connectivity index (χ4v) is 1.71. The minimum Gasteiger partial charge on any atom is -0.381 e. The zero-order valence-electron chi connectivity index (χ0n) is 10.2. The molecule has 0 aliphatic heterocycles. The van der Waals surface area contributed by atoms with Crippen molar-refractivity contribution in [2.24, 2.45) is 5.41 Å². The maximum Gasteiger partial charge on any atom is 0.534 e. The van der Waals surface area contributed by atoms with E-state index in [1.54, 1.807) is 0 Å². The van der Waals surface area contributed by atoms with Gasteiger partial charge in [-0.25, -0.2) is 0 Å². The average Bonchev–Trinajstić information content (AvgIpc) is 2.16. The summed E-state index contributed by atoms with van der Waals surface area (Å²) in [7, 11) is -4.41. The summed E-state index contributed by atoms with van der Waals surface area (Å²) < 4.78 is 67.0. The Morgan fingerprint density at radius 1 is 1.33 bits per heavy atom. The summed E-state index contributed by atoms with van der Waals surface area (Å²) in [5, 5.41) is 0. The largest absolute Gasteiger partial charge is 0.534 e. The van der Waals surface area contributed by atoms with E-state index in [-0.39, 0.29) is 0 Å². The number of hydrogen-bond donors (Lipinski definition) is 0. The van der Waals surface area contributed by atoms with E-state index in [4.69, 9.17) is 4.74 Å². The lowest BCUT2D eigenvalue weighted by atomic mass is 9.85. The van der Waals surface area contributed by atoms with Crippen LogP contribution in [0.25, 0.3) is 0 Å². The number of alkyl halides is 3.